The van der Waals surface area contributed by atoms with E-state index in [0.29, 0.717) is 34.4 Å². The minimum atomic E-state index is -0.366. The molecule has 31 heavy (non-hydrogen) atoms. The van der Waals surface area contributed by atoms with Crippen LogP contribution in [-0.4, -0.2) is 52.9 Å². The molecule has 1 saturated heterocycles. The lowest BCUT2D eigenvalue weighted by atomic mass is 10.1. The Morgan fingerprint density at radius 1 is 0.935 bits per heavy atom. The Hall–Kier alpha value is -2.99. The standard InChI is InChI=1S/C25H26FN3O2/c26-22-12-6-5-11-21(22)23-17-27-24(31-23)19-9-3-4-10-20(19)25(30)29-15-13-28(14-16-29)18-7-1-2-8-18/h3-6,9-12,17-18H,1-2,7-8,13-16H2. The first-order chi connectivity index (χ1) is 15.2. The van der Waals surface area contributed by atoms with Gasteiger partial charge in [-0.3, -0.25) is 9.69 Å². The summed E-state index contributed by atoms with van der Waals surface area (Å²) in [7, 11) is 0. The Morgan fingerprint density at radius 3 is 2.35 bits per heavy atom. The van der Waals surface area contributed by atoms with Gasteiger partial charge in [-0.2, -0.15) is 0 Å². The highest BCUT2D eigenvalue weighted by atomic mass is 19.1. The number of halogens is 1. The lowest BCUT2D eigenvalue weighted by Gasteiger charge is -2.38. The molecule has 2 aliphatic rings. The molecule has 5 nitrogen and oxygen atoms in total. The fourth-order valence-corrected chi connectivity index (χ4v) is 4.77. The number of aromatic nitrogens is 1. The Bertz CT molecular complexity index is 1070. The number of hydrogen-bond acceptors (Lipinski definition) is 4. The van der Waals surface area contributed by atoms with Gasteiger partial charge in [-0.05, 0) is 37.1 Å². The van der Waals surface area contributed by atoms with Gasteiger partial charge in [0.2, 0.25) is 5.89 Å². The first-order valence-corrected chi connectivity index (χ1v) is 11.0. The molecule has 0 N–H and O–H groups in total. The molecule has 1 amide bonds. The fraction of sp³-hybridized carbons (Fsp3) is 0.360. The second kappa shape index (κ2) is 8.63. The number of carbonyl (C=O) groups excluding carboxylic acids is 1. The zero-order valence-electron chi connectivity index (χ0n) is 17.5. The average molecular weight is 420 g/mol. The summed E-state index contributed by atoms with van der Waals surface area (Å²) >= 11 is 0. The third-order valence-electron chi connectivity index (χ3n) is 6.48. The number of rotatable bonds is 4. The van der Waals surface area contributed by atoms with Gasteiger partial charge in [0.1, 0.15) is 5.82 Å². The summed E-state index contributed by atoms with van der Waals surface area (Å²) in [6.45, 7) is 3.31. The van der Waals surface area contributed by atoms with Gasteiger partial charge in [0.15, 0.2) is 5.76 Å². The number of amides is 1. The van der Waals surface area contributed by atoms with Crippen LogP contribution < -0.4 is 0 Å². The van der Waals surface area contributed by atoms with E-state index in [1.165, 1.54) is 37.9 Å². The van der Waals surface area contributed by atoms with Crippen molar-refractivity contribution in [1.82, 2.24) is 14.8 Å². The molecule has 1 aliphatic carbocycles. The maximum Gasteiger partial charge on any atom is 0.254 e. The number of carbonyl (C=O) groups is 1. The van der Waals surface area contributed by atoms with Crippen LogP contribution >= 0.6 is 0 Å². The number of nitrogens with zero attached hydrogens (tertiary/aromatic N) is 3. The highest BCUT2D eigenvalue weighted by molar-refractivity contribution is 6.00. The van der Waals surface area contributed by atoms with Crippen molar-refractivity contribution in [3.63, 3.8) is 0 Å². The Morgan fingerprint density at radius 2 is 1.61 bits per heavy atom. The summed E-state index contributed by atoms with van der Waals surface area (Å²) in [5.41, 5.74) is 1.56. The summed E-state index contributed by atoms with van der Waals surface area (Å²) < 4.78 is 20.0. The molecule has 0 atom stereocenters. The molecule has 0 unspecified atom stereocenters. The van der Waals surface area contributed by atoms with E-state index in [-0.39, 0.29) is 11.7 Å². The van der Waals surface area contributed by atoms with Gasteiger partial charge in [0.25, 0.3) is 5.91 Å². The zero-order chi connectivity index (χ0) is 21.2. The first kappa shape index (κ1) is 19.9. The van der Waals surface area contributed by atoms with Crippen LogP contribution in [0.15, 0.2) is 59.1 Å². The van der Waals surface area contributed by atoms with E-state index in [4.69, 9.17) is 4.42 Å². The van der Waals surface area contributed by atoms with Crippen molar-refractivity contribution >= 4 is 5.91 Å². The van der Waals surface area contributed by atoms with E-state index >= 15 is 0 Å². The SMILES string of the molecule is O=C(c1ccccc1-c1ncc(-c2ccccc2F)o1)N1CCN(C2CCCC2)CC1. The van der Waals surface area contributed by atoms with E-state index in [0.717, 1.165) is 26.2 Å². The molecule has 160 valence electrons. The van der Waals surface area contributed by atoms with Crippen LogP contribution in [-0.2, 0) is 0 Å². The van der Waals surface area contributed by atoms with Crippen LogP contribution in [0.25, 0.3) is 22.8 Å². The van der Waals surface area contributed by atoms with Gasteiger partial charge >= 0.3 is 0 Å². The summed E-state index contributed by atoms with van der Waals surface area (Å²) in [6.07, 6.45) is 6.72. The third kappa shape index (κ3) is 4.00. The highest BCUT2D eigenvalue weighted by Gasteiger charge is 2.29. The molecule has 0 radical (unpaired) electrons. The predicted octanol–water partition coefficient (Wildman–Crippen LogP) is 4.85. The molecule has 5 rings (SSSR count). The summed E-state index contributed by atoms with van der Waals surface area (Å²) in [5, 5.41) is 0. The van der Waals surface area contributed by atoms with Crippen molar-refractivity contribution < 1.29 is 13.6 Å². The smallest absolute Gasteiger partial charge is 0.254 e. The van der Waals surface area contributed by atoms with Gasteiger partial charge < -0.3 is 9.32 Å². The Kier molecular flexibility index (Phi) is 5.55. The Labute approximate surface area is 181 Å². The van der Waals surface area contributed by atoms with E-state index in [1.807, 2.05) is 29.2 Å². The molecular weight excluding hydrogens is 393 g/mol. The summed E-state index contributed by atoms with van der Waals surface area (Å²) in [4.78, 5) is 22.1. The average Bonchev–Trinajstić information content (AvgIpc) is 3.52. The predicted molar refractivity (Wildman–Crippen MR) is 117 cm³/mol. The molecule has 2 heterocycles. The molecule has 1 aromatic heterocycles. The molecule has 0 spiro atoms. The van der Waals surface area contributed by atoms with Crippen LogP contribution in [0, 0.1) is 5.82 Å². The number of benzene rings is 2. The highest BCUT2D eigenvalue weighted by Crippen LogP contribution is 2.30. The van der Waals surface area contributed by atoms with Crippen molar-refractivity contribution in [1.29, 1.82) is 0 Å². The summed E-state index contributed by atoms with van der Waals surface area (Å²) in [6, 6.07) is 14.5. The molecule has 2 fully saturated rings. The van der Waals surface area contributed by atoms with E-state index in [9.17, 15) is 9.18 Å². The number of hydrogen-bond donors (Lipinski definition) is 0. The maximum absolute atomic E-state index is 14.1. The monoisotopic (exact) mass is 419 g/mol. The van der Waals surface area contributed by atoms with Crippen LogP contribution in [0.2, 0.25) is 0 Å². The molecule has 2 aromatic carbocycles. The minimum absolute atomic E-state index is 0.00712. The summed E-state index contributed by atoms with van der Waals surface area (Å²) in [5.74, 6) is 0.300. The van der Waals surface area contributed by atoms with Gasteiger partial charge in [-0.1, -0.05) is 37.1 Å². The third-order valence-corrected chi connectivity index (χ3v) is 6.48. The fourth-order valence-electron chi connectivity index (χ4n) is 4.77. The first-order valence-electron chi connectivity index (χ1n) is 11.0. The normalized spacial score (nSPS) is 17.9. The second-order valence-corrected chi connectivity index (χ2v) is 8.32. The quantitative estimate of drug-likeness (QED) is 0.607. The second-order valence-electron chi connectivity index (χ2n) is 8.32. The van der Waals surface area contributed by atoms with Crippen molar-refractivity contribution in [3.8, 4) is 22.8 Å². The largest absolute Gasteiger partial charge is 0.436 e. The van der Waals surface area contributed by atoms with Gasteiger partial charge in [0, 0.05) is 37.8 Å². The molecule has 0 bridgehead atoms. The van der Waals surface area contributed by atoms with Crippen molar-refractivity contribution in [2.45, 2.75) is 31.7 Å². The van der Waals surface area contributed by atoms with Gasteiger partial charge in [-0.15, -0.1) is 0 Å². The molecule has 3 aromatic rings. The maximum atomic E-state index is 14.1. The number of piperazine rings is 1. The molecule has 1 aliphatic heterocycles. The lowest BCUT2D eigenvalue weighted by molar-refractivity contribution is 0.0574. The van der Waals surface area contributed by atoms with Crippen LogP contribution in [0.1, 0.15) is 36.0 Å². The van der Waals surface area contributed by atoms with Crippen molar-refractivity contribution in [2.75, 3.05) is 26.2 Å². The van der Waals surface area contributed by atoms with E-state index in [2.05, 4.69) is 9.88 Å². The van der Waals surface area contributed by atoms with Gasteiger partial charge in [-0.25, -0.2) is 9.37 Å². The van der Waals surface area contributed by atoms with E-state index in [1.54, 1.807) is 18.2 Å². The molecular formula is C25H26FN3O2. The number of oxazole rings is 1. The lowest BCUT2D eigenvalue weighted by Crippen LogP contribution is -2.51. The van der Waals surface area contributed by atoms with Crippen LogP contribution in [0.5, 0.6) is 0 Å². The van der Waals surface area contributed by atoms with Crippen molar-refractivity contribution in [2.24, 2.45) is 0 Å². The molecule has 6 heteroatoms. The van der Waals surface area contributed by atoms with E-state index < -0.39 is 0 Å². The molecule has 1 saturated carbocycles. The zero-order valence-corrected chi connectivity index (χ0v) is 17.5. The van der Waals surface area contributed by atoms with Crippen LogP contribution in [0.3, 0.4) is 0 Å². The minimum Gasteiger partial charge on any atom is -0.436 e. The van der Waals surface area contributed by atoms with Crippen LogP contribution in [0.4, 0.5) is 4.39 Å². The Balaban J connectivity index is 1.35. The van der Waals surface area contributed by atoms with Gasteiger partial charge in [0.05, 0.1) is 17.3 Å². The topological polar surface area (TPSA) is 49.6 Å². The van der Waals surface area contributed by atoms with Crippen molar-refractivity contribution in [3.05, 3.63) is 66.1 Å².